The molecule has 1 aromatic heterocycles. The molecular weight excluding hydrogens is 342 g/mol. The molecule has 2 fully saturated rings. The van der Waals surface area contributed by atoms with Crippen LogP contribution in [0.2, 0.25) is 0 Å². The molecule has 0 aliphatic carbocycles. The Morgan fingerprint density at radius 3 is 2.88 bits per heavy atom. The fourth-order valence-electron chi connectivity index (χ4n) is 3.30. The van der Waals surface area contributed by atoms with Gasteiger partial charge in [0.05, 0.1) is 4.87 Å². The minimum atomic E-state index is -0.381. The summed E-state index contributed by atoms with van der Waals surface area (Å²) in [5, 5.41) is 5.84. The van der Waals surface area contributed by atoms with E-state index in [0.717, 1.165) is 22.7 Å². The van der Waals surface area contributed by atoms with Gasteiger partial charge in [-0.2, -0.15) is 0 Å². The van der Waals surface area contributed by atoms with E-state index >= 15 is 0 Å². The quantitative estimate of drug-likeness (QED) is 0.914. The van der Waals surface area contributed by atoms with Crippen LogP contribution in [0.1, 0.15) is 19.8 Å². The van der Waals surface area contributed by atoms with Gasteiger partial charge >= 0.3 is 0 Å². The highest BCUT2D eigenvalue weighted by molar-refractivity contribution is 8.01. The van der Waals surface area contributed by atoms with Crippen LogP contribution >= 0.6 is 23.1 Å². The van der Waals surface area contributed by atoms with Crippen LogP contribution in [0.15, 0.2) is 35.8 Å². The summed E-state index contributed by atoms with van der Waals surface area (Å²) in [7, 11) is 0. The minimum Gasteiger partial charge on any atom is -0.324 e. The molecule has 2 aromatic rings. The fraction of sp³-hybridized carbons (Fsp3) is 0.353. The largest absolute Gasteiger partial charge is 0.324 e. The van der Waals surface area contributed by atoms with Gasteiger partial charge in [0.25, 0.3) is 0 Å². The molecule has 124 valence electrons. The minimum absolute atomic E-state index is 0.0850. The lowest BCUT2D eigenvalue weighted by Gasteiger charge is -2.29. The number of amides is 2. The number of aromatic nitrogens is 1. The summed E-state index contributed by atoms with van der Waals surface area (Å²) >= 11 is 3.29. The van der Waals surface area contributed by atoms with Gasteiger partial charge in [0, 0.05) is 35.0 Å². The number of carbonyl (C=O) groups excluding carboxylic acids is 2. The number of carbonyl (C=O) groups is 2. The summed E-state index contributed by atoms with van der Waals surface area (Å²) in [5.41, 5.74) is 1.77. The average Bonchev–Trinajstić information content (AvgIpc) is 3.27. The van der Waals surface area contributed by atoms with Crippen LogP contribution in [0, 0.1) is 0 Å². The van der Waals surface area contributed by atoms with Crippen molar-refractivity contribution < 1.29 is 9.59 Å². The Kier molecular flexibility index (Phi) is 3.85. The fourth-order valence-corrected chi connectivity index (χ4v) is 5.38. The molecule has 2 aliphatic heterocycles. The third-order valence-corrected chi connectivity index (χ3v) is 6.91. The molecule has 24 heavy (non-hydrogen) atoms. The number of anilines is 1. The first-order valence-electron chi connectivity index (χ1n) is 7.84. The number of fused-ring (bicyclic) bond motifs is 1. The lowest BCUT2D eigenvalue weighted by atomic mass is 10.2. The summed E-state index contributed by atoms with van der Waals surface area (Å²) < 4.78 is 0. The van der Waals surface area contributed by atoms with Crippen molar-refractivity contribution in [2.75, 3.05) is 11.1 Å². The molecule has 2 saturated heterocycles. The zero-order valence-electron chi connectivity index (χ0n) is 13.2. The van der Waals surface area contributed by atoms with Crippen LogP contribution < -0.4 is 5.32 Å². The van der Waals surface area contributed by atoms with Crippen molar-refractivity contribution in [3.05, 3.63) is 35.8 Å². The van der Waals surface area contributed by atoms with E-state index in [2.05, 4.69) is 17.2 Å². The molecule has 0 spiro atoms. The summed E-state index contributed by atoms with van der Waals surface area (Å²) in [6.45, 7) is 2.05. The SMILES string of the molecule is CC12CCC(=O)N1C(C(=O)Nc1ccc(-c3nccs3)cc1)CS2. The molecule has 2 atom stereocenters. The molecule has 5 nitrogen and oxygen atoms in total. The number of rotatable bonds is 3. The van der Waals surface area contributed by atoms with E-state index in [1.807, 2.05) is 29.6 Å². The number of nitrogens with one attached hydrogen (secondary N) is 1. The van der Waals surface area contributed by atoms with Gasteiger partial charge < -0.3 is 10.2 Å². The Balaban J connectivity index is 1.47. The summed E-state index contributed by atoms with van der Waals surface area (Å²) in [6, 6.07) is 7.27. The van der Waals surface area contributed by atoms with Gasteiger partial charge in [-0.25, -0.2) is 4.98 Å². The lowest BCUT2D eigenvalue weighted by molar-refractivity contribution is -0.135. The Morgan fingerprint density at radius 1 is 1.38 bits per heavy atom. The molecule has 1 aromatic carbocycles. The Hall–Kier alpha value is -1.86. The third-order valence-electron chi connectivity index (χ3n) is 4.58. The maximum absolute atomic E-state index is 12.6. The summed E-state index contributed by atoms with van der Waals surface area (Å²) in [5.74, 6) is 0.635. The van der Waals surface area contributed by atoms with Gasteiger partial charge in [0.2, 0.25) is 11.8 Å². The molecule has 4 rings (SSSR count). The Morgan fingerprint density at radius 2 is 2.17 bits per heavy atom. The van der Waals surface area contributed by atoms with Crippen molar-refractivity contribution >= 4 is 40.6 Å². The van der Waals surface area contributed by atoms with Crippen LogP contribution in [0.4, 0.5) is 5.69 Å². The van der Waals surface area contributed by atoms with Gasteiger partial charge in [0.1, 0.15) is 11.0 Å². The predicted octanol–water partition coefficient (Wildman–Crippen LogP) is 3.20. The van der Waals surface area contributed by atoms with Gasteiger partial charge in [-0.05, 0) is 37.6 Å². The van der Waals surface area contributed by atoms with Gasteiger partial charge in [-0.1, -0.05) is 0 Å². The number of nitrogens with zero attached hydrogens (tertiary/aromatic N) is 2. The van der Waals surface area contributed by atoms with Crippen LogP contribution in [0.5, 0.6) is 0 Å². The van der Waals surface area contributed by atoms with Crippen LogP contribution in [0.3, 0.4) is 0 Å². The maximum Gasteiger partial charge on any atom is 0.248 e. The number of hydrogen-bond acceptors (Lipinski definition) is 5. The highest BCUT2D eigenvalue weighted by atomic mass is 32.2. The monoisotopic (exact) mass is 359 g/mol. The first-order chi connectivity index (χ1) is 11.6. The molecule has 2 aliphatic rings. The van der Waals surface area contributed by atoms with Crippen molar-refractivity contribution in [3.8, 4) is 10.6 Å². The van der Waals surface area contributed by atoms with E-state index in [4.69, 9.17) is 0 Å². The van der Waals surface area contributed by atoms with Crippen molar-refractivity contribution in [1.29, 1.82) is 0 Å². The van der Waals surface area contributed by atoms with Crippen molar-refractivity contribution in [3.63, 3.8) is 0 Å². The predicted molar refractivity (Wildman–Crippen MR) is 96.9 cm³/mol. The van der Waals surface area contributed by atoms with Crippen LogP contribution in [0.25, 0.3) is 10.6 Å². The second-order valence-corrected chi connectivity index (χ2v) is 8.57. The Labute approximate surface area is 148 Å². The molecular formula is C17H17N3O2S2. The molecule has 2 amide bonds. The van der Waals surface area contributed by atoms with Crippen molar-refractivity contribution in [2.24, 2.45) is 0 Å². The first kappa shape index (κ1) is 15.7. The van der Waals surface area contributed by atoms with E-state index in [-0.39, 0.29) is 22.7 Å². The molecule has 1 N–H and O–H groups in total. The maximum atomic E-state index is 12.6. The third kappa shape index (κ3) is 2.61. The second-order valence-electron chi connectivity index (χ2n) is 6.17. The highest BCUT2D eigenvalue weighted by Gasteiger charge is 2.52. The molecule has 3 heterocycles. The van der Waals surface area contributed by atoms with E-state index < -0.39 is 0 Å². The van der Waals surface area contributed by atoms with Gasteiger partial charge in [0.15, 0.2) is 0 Å². The molecule has 0 radical (unpaired) electrons. The number of thioether (sulfide) groups is 1. The normalized spacial score (nSPS) is 25.8. The molecule has 2 unspecified atom stereocenters. The molecule has 0 saturated carbocycles. The summed E-state index contributed by atoms with van der Waals surface area (Å²) in [6.07, 6.45) is 3.14. The van der Waals surface area contributed by atoms with E-state index in [9.17, 15) is 9.59 Å². The van der Waals surface area contributed by atoms with E-state index in [1.54, 1.807) is 34.2 Å². The Bertz CT molecular complexity index is 776. The number of benzene rings is 1. The lowest BCUT2D eigenvalue weighted by Crippen LogP contribution is -2.48. The second kappa shape index (κ2) is 5.89. The zero-order chi connectivity index (χ0) is 16.7. The van der Waals surface area contributed by atoms with E-state index in [0.29, 0.717) is 12.2 Å². The molecule has 7 heteroatoms. The zero-order valence-corrected chi connectivity index (χ0v) is 14.8. The number of hydrogen-bond donors (Lipinski definition) is 1. The van der Waals surface area contributed by atoms with Crippen molar-refractivity contribution in [1.82, 2.24) is 9.88 Å². The first-order valence-corrected chi connectivity index (χ1v) is 9.70. The molecule has 0 bridgehead atoms. The smallest absolute Gasteiger partial charge is 0.248 e. The van der Waals surface area contributed by atoms with Gasteiger partial charge in [-0.3, -0.25) is 9.59 Å². The topological polar surface area (TPSA) is 62.3 Å². The summed E-state index contributed by atoms with van der Waals surface area (Å²) in [4.78, 5) is 30.6. The number of thiazole rings is 1. The van der Waals surface area contributed by atoms with Gasteiger partial charge in [-0.15, -0.1) is 23.1 Å². The van der Waals surface area contributed by atoms with Crippen molar-refractivity contribution in [2.45, 2.75) is 30.7 Å². The standard InChI is InChI=1S/C17H17N3O2S2/c1-17-7-6-14(21)20(17)13(10-24-17)15(22)19-12-4-2-11(3-5-12)16-18-8-9-23-16/h2-5,8-9,13H,6-7,10H2,1H3,(H,19,22). The van der Waals surface area contributed by atoms with Crippen LogP contribution in [-0.4, -0.2) is 38.4 Å². The highest BCUT2D eigenvalue weighted by Crippen LogP contribution is 2.47. The average molecular weight is 359 g/mol. The van der Waals surface area contributed by atoms with E-state index in [1.165, 1.54) is 0 Å². The van der Waals surface area contributed by atoms with Crippen LogP contribution in [-0.2, 0) is 9.59 Å².